The maximum atomic E-state index is 13.0. The maximum Gasteiger partial charge on any atom is 0.250 e. The Labute approximate surface area is 166 Å². The molecule has 2 aromatic carbocycles. The first kappa shape index (κ1) is 18.1. The molecule has 28 heavy (non-hydrogen) atoms. The van der Waals surface area contributed by atoms with E-state index in [4.69, 9.17) is 11.6 Å². The molecule has 142 valence electrons. The number of hydrogen-bond donors (Lipinski definition) is 1. The number of fused-ring (bicyclic) bond motifs is 1. The van der Waals surface area contributed by atoms with Crippen LogP contribution in [0.15, 0.2) is 48.5 Å². The van der Waals surface area contributed by atoms with Gasteiger partial charge in [0.2, 0.25) is 11.7 Å². The molecule has 0 saturated heterocycles. The number of nitrogens with zero attached hydrogens (tertiary/aromatic N) is 5. The molecule has 4 rings (SSSR count). The summed E-state index contributed by atoms with van der Waals surface area (Å²) in [6.45, 7) is 1.74. The summed E-state index contributed by atoms with van der Waals surface area (Å²) >= 11 is 6.00. The lowest BCUT2D eigenvalue weighted by Gasteiger charge is -2.27. The zero-order valence-corrected chi connectivity index (χ0v) is 15.8. The first-order chi connectivity index (χ1) is 13.5. The van der Waals surface area contributed by atoms with E-state index < -0.39 is 0 Å². The summed E-state index contributed by atoms with van der Waals surface area (Å²) in [5.74, 6) is 0.0281. The molecule has 8 nitrogen and oxygen atoms in total. The number of anilines is 2. The van der Waals surface area contributed by atoms with Crippen LogP contribution in [0.1, 0.15) is 13.3 Å². The van der Waals surface area contributed by atoms with Crippen LogP contribution >= 0.6 is 11.6 Å². The fourth-order valence-corrected chi connectivity index (χ4v) is 3.41. The number of tetrazole rings is 1. The zero-order chi connectivity index (χ0) is 19.7. The van der Waals surface area contributed by atoms with Gasteiger partial charge < -0.3 is 10.2 Å². The van der Waals surface area contributed by atoms with E-state index in [-0.39, 0.29) is 30.8 Å². The minimum absolute atomic E-state index is 0.0968. The van der Waals surface area contributed by atoms with E-state index in [1.54, 1.807) is 29.2 Å². The number of hydrogen-bond acceptors (Lipinski definition) is 5. The third-order valence-corrected chi connectivity index (χ3v) is 4.68. The van der Waals surface area contributed by atoms with Gasteiger partial charge in [0.1, 0.15) is 6.54 Å². The number of halogens is 1. The quantitative estimate of drug-likeness (QED) is 0.734. The van der Waals surface area contributed by atoms with Gasteiger partial charge in [-0.05, 0) is 36.4 Å². The standard InChI is InChI=1S/C19H17ClN6O2/c1-12-9-17(27)21-15-7-2-3-8-16(15)26(12)18(28)11-25-23-19(22-24-25)13-5-4-6-14(20)10-13/h2-8,10,12H,9,11H2,1H3,(H,21,27). The molecule has 2 heterocycles. The number of para-hydroxylation sites is 2. The Morgan fingerprint density at radius 1 is 1.25 bits per heavy atom. The van der Waals surface area contributed by atoms with Crippen molar-refractivity contribution >= 4 is 34.8 Å². The van der Waals surface area contributed by atoms with Crippen LogP contribution in [0.2, 0.25) is 5.02 Å². The molecule has 3 aromatic rings. The Kier molecular flexibility index (Phi) is 4.79. The summed E-state index contributed by atoms with van der Waals surface area (Å²) in [6.07, 6.45) is 0.207. The summed E-state index contributed by atoms with van der Waals surface area (Å²) in [5.41, 5.74) is 1.98. The van der Waals surface area contributed by atoms with E-state index in [0.717, 1.165) is 5.56 Å². The van der Waals surface area contributed by atoms with Crippen LogP contribution in [0, 0.1) is 0 Å². The molecule has 0 bridgehead atoms. The molecule has 1 aromatic heterocycles. The van der Waals surface area contributed by atoms with Crippen LogP contribution in [-0.2, 0) is 16.1 Å². The highest BCUT2D eigenvalue weighted by molar-refractivity contribution is 6.30. The molecule has 0 spiro atoms. The van der Waals surface area contributed by atoms with E-state index in [9.17, 15) is 9.59 Å². The van der Waals surface area contributed by atoms with Crippen molar-refractivity contribution in [1.29, 1.82) is 0 Å². The lowest BCUT2D eigenvalue weighted by Crippen LogP contribution is -2.41. The average molecular weight is 397 g/mol. The zero-order valence-electron chi connectivity index (χ0n) is 15.0. The van der Waals surface area contributed by atoms with Gasteiger partial charge in [-0.15, -0.1) is 10.2 Å². The van der Waals surface area contributed by atoms with Crippen molar-refractivity contribution in [2.75, 3.05) is 10.2 Å². The third-order valence-electron chi connectivity index (χ3n) is 4.44. The largest absolute Gasteiger partial charge is 0.324 e. The number of benzene rings is 2. The number of aromatic nitrogens is 4. The van der Waals surface area contributed by atoms with Crippen LogP contribution in [0.4, 0.5) is 11.4 Å². The Balaban J connectivity index is 1.59. The van der Waals surface area contributed by atoms with Gasteiger partial charge in [0, 0.05) is 23.0 Å². The second-order valence-corrected chi connectivity index (χ2v) is 6.97. The van der Waals surface area contributed by atoms with E-state index in [1.807, 2.05) is 31.2 Å². The van der Waals surface area contributed by atoms with Crippen LogP contribution in [0.5, 0.6) is 0 Å². The number of nitrogens with one attached hydrogen (secondary N) is 1. The van der Waals surface area contributed by atoms with Gasteiger partial charge in [-0.25, -0.2) is 0 Å². The van der Waals surface area contributed by atoms with Gasteiger partial charge in [0.25, 0.3) is 5.91 Å². The van der Waals surface area contributed by atoms with Crippen molar-refractivity contribution in [2.45, 2.75) is 25.9 Å². The highest BCUT2D eigenvalue weighted by atomic mass is 35.5. The molecule has 2 amide bonds. The highest BCUT2D eigenvalue weighted by Gasteiger charge is 2.30. The Morgan fingerprint density at radius 3 is 2.89 bits per heavy atom. The normalized spacial score (nSPS) is 16.3. The molecule has 1 unspecified atom stereocenters. The van der Waals surface area contributed by atoms with E-state index in [0.29, 0.717) is 22.2 Å². The average Bonchev–Trinajstić information content (AvgIpc) is 3.06. The van der Waals surface area contributed by atoms with Gasteiger partial charge in [-0.3, -0.25) is 9.59 Å². The van der Waals surface area contributed by atoms with Crippen molar-refractivity contribution in [3.63, 3.8) is 0 Å². The number of amides is 2. The lowest BCUT2D eigenvalue weighted by atomic mass is 10.1. The molecule has 0 fully saturated rings. The van der Waals surface area contributed by atoms with Crippen LogP contribution in [0.25, 0.3) is 11.4 Å². The topological polar surface area (TPSA) is 93.0 Å². The summed E-state index contributed by atoms with van der Waals surface area (Å²) in [4.78, 5) is 28.0. The smallest absolute Gasteiger partial charge is 0.250 e. The lowest BCUT2D eigenvalue weighted by molar-refractivity contribution is -0.120. The molecule has 1 atom stereocenters. The molecule has 1 aliphatic heterocycles. The summed E-state index contributed by atoms with van der Waals surface area (Å²) in [5, 5.41) is 15.7. The van der Waals surface area contributed by atoms with Crippen LogP contribution < -0.4 is 10.2 Å². The van der Waals surface area contributed by atoms with Gasteiger partial charge in [0.05, 0.1) is 11.4 Å². The van der Waals surface area contributed by atoms with Gasteiger partial charge >= 0.3 is 0 Å². The molecule has 1 aliphatic rings. The summed E-state index contributed by atoms with van der Waals surface area (Å²) in [6, 6.07) is 14.0. The number of carbonyl (C=O) groups excluding carboxylic acids is 2. The predicted octanol–water partition coefficient (Wildman–Crippen LogP) is 2.76. The minimum Gasteiger partial charge on any atom is -0.324 e. The Morgan fingerprint density at radius 2 is 2.07 bits per heavy atom. The van der Waals surface area contributed by atoms with Crippen molar-refractivity contribution in [3.8, 4) is 11.4 Å². The maximum absolute atomic E-state index is 13.0. The van der Waals surface area contributed by atoms with Crippen LogP contribution in [-0.4, -0.2) is 38.1 Å². The van der Waals surface area contributed by atoms with Crippen molar-refractivity contribution in [3.05, 3.63) is 53.6 Å². The van der Waals surface area contributed by atoms with Crippen LogP contribution in [0.3, 0.4) is 0 Å². The fourth-order valence-electron chi connectivity index (χ4n) is 3.22. The number of carbonyl (C=O) groups is 2. The predicted molar refractivity (Wildman–Crippen MR) is 105 cm³/mol. The first-order valence-corrected chi connectivity index (χ1v) is 9.14. The van der Waals surface area contributed by atoms with Crippen molar-refractivity contribution < 1.29 is 9.59 Å². The molecular weight excluding hydrogens is 380 g/mol. The molecule has 9 heteroatoms. The van der Waals surface area contributed by atoms with Crippen molar-refractivity contribution in [2.24, 2.45) is 0 Å². The second-order valence-electron chi connectivity index (χ2n) is 6.54. The first-order valence-electron chi connectivity index (χ1n) is 8.76. The molecule has 0 saturated carbocycles. The van der Waals surface area contributed by atoms with Crippen molar-refractivity contribution in [1.82, 2.24) is 20.2 Å². The molecule has 0 radical (unpaired) electrons. The van der Waals surface area contributed by atoms with Gasteiger partial charge in [0.15, 0.2) is 0 Å². The van der Waals surface area contributed by atoms with E-state index in [1.165, 1.54) is 4.80 Å². The summed E-state index contributed by atoms with van der Waals surface area (Å²) in [7, 11) is 0. The summed E-state index contributed by atoms with van der Waals surface area (Å²) < 4.78 is 0. The fraction of sp³-hybridized carbons (Fsp3) is 0.211. The Bertz CT molecular complexity index is 1050. The minimum atomic E-state index is -0.299. The van der Waals surface area contributed by atoms with Gasteiger partial charge in [-0.2, -0.15) is 4.80 Å². The van der Waals surface area contributed by atoms with E-state index >= 15 is 0 Å². The second kappa shape index (κ2) is 7.40. The highest BCUT2D eigenvalue weighted by Crippen LogP contribution is 2.31. The molecule has 0 aliphatic carbocycles. The molecular formula is C19H17ClN6O2. The third kappa shape index (κ3) is 3.59. The molecule has 1 N–H and O–H groups in total. The SMILES string of the molecule is CC1CC(=O)Nc2ccccc2N1C(=O)Cn1nnc(-c2cccc(Cl)c2)n1. The monoisotopic (exact) mass is 396 g/mol. The number of rotatable bonds is 3. The Hall–Kier alpha value is -3.26. The van der Waals surface area contributed by atoms with E-state index in [2.05, 4.69) is 20.7 Å². The van der Waals surface area contributed by atoms with Gasteiger partial charge in [-0.1, -0.05) is 35.9 Å².